The van der Waals surface area contributed by atoms with E-state index in [9.17, 15) is 0 Å². The summed E-state index contributed by atoms with van der Waals surface area (Å²) in [6.07, 6.45) is 0.207. The third-order valence-electron chi connectivity index (χ3n) is 3.59. The number of nitrogens with one attached hydrogen (secondary N) is 1. The Morgan fingerprint density at radius 3 is 2.80 bits per heavy atom. The van der Waals surface area contributed by atoms with Crippen LogP contribution in [0.3, 0.4) is 0 Å². The molecule has 0 radical (unpaired) electrons. The first kappa shape index (κ1) is 16.5. The van der Waals surface area contributed by atoms with Gasteiger partial charge < -0.3 is 14.6 Å². The second-order valence-corrected chi connectivity index (χ2v) is 5.43. The van der Waals surface area contributed by atoms with Crippen molar-refractivity contribution >= 4 is 5.95 Å². The molecule has 0 aliphatic carbocycles. The molecule has 0 aliphatic heterocycles. The molecule has 1 heterocycles. The molecule has 25 heavy (non-hydrogen) atoms. The van der Waals surface area contributed by atoms with E-state index in [0.717, 1.165) is 11.1 Å². The van der Waals surface area contributed by atoms with Gasteiger partial charge in [0.1, 0.15) is 11.8 Å². The van der Waals surface area contributed by atoms with Gasteiger partial charge in [0.05, 0.1) is 0 Å². The number of benzene rings is 2. The molecule has 6 heteroatoms. The molecule has 6 nitrogen and oxygen atoms in total. The molecule has 0 saturated heterocycles. The van der Waals surface area contributed by atoms with Gasteiger partial charge in [-0.1, -0.05) is 37.3 Å². The highest BCUT2D eigenvalue weighted by atomic mass is 16.5. The number of rotatable bonds is 7. The zero-order valence-corrected chi connectivity index (χ0v) is 13.8. The summed E-state index contributed by atoms with van der Waals surface area (Å²) < 4.78 is 10.9. The van der Waals surface area contributed by atoms with E-state index in [1.165, 1.54) is 0 Å². The minimum absolute atomic E-state index is 0.425. The molecule has 2 aromatic carbocycles. The molecule has 1 unspecified atom stereocenters. The Balaban J connectivity index is 1.62. The maximum Gasteiger partial charge on any atom is 0.264 e. The molecule has 1 N–H and O–H groups in total. The highest BCUT2D eigenvalue weighted by Crippen LogP contribution is 2.19. The standard InChI is InChI=1S/C19H18N4O2/c1-2-16(12-20)24-17-10-6-7-14(11-17)13-21-19-22-18(25-23-19)15-8-4-3-5-9-15/h3-11,16H,2,13H2,1H3,(H,21,23). The summed E-state index contributed by atoms with van der Waals surface area (Å²) in [7, 11) is 0. The van der Waals surface area contributed by atoms with Gasteiger partial charge in [-0.3, -0.25) is 0 Å². The normalized spacial score (nSPS) is 11.5. The molecular formula is C19H18N4O2. The van der Waals surface area contributed by atoms with Gasteiger partial charge in [-0.15, -0.1) is 0 Å². The highest BCUT2D eigenvalue weighted by Gasteiger charge is 2.09. The summed E-state index contributed by atoms with van der Waals surface area (Å²) in [6.45, 7) is 2.44. The van der Waals surface area contributed by atoms with Gasteiger partial charge in [0.2, 0.25) is 0 Å². The average Bonchev–Trinajstić information content (AvgIpc) is 3.14. The first-order valence-corrected chi connectivity index (χ1v) is 8.06. The predicted molar refractivity (Wildman–Crippen MR) is 93.8 cm³/mol. The van der Waals surface area contributed by atoms with E-state index in [2.05, 4.69) is 21.5 Å². The van der Waals surface area contributed by atoms with Crippen molar-refractivity contribution in [2.75, 3.05) is 5.32 Å². The maximum atomic E-state index is 8.99. The largest absolute Gasteiger partial charge is 0.476 e. The second kappa shape index (κ2) is 7.97. The summed E-state index contributed by atoms with van der Waals surface area (Å²) >= 11 is 0. The van der Waals surface area contributed by atoms with Crippen molar-refractivity contribution in [2.24, 2.45) is 0 Å². The van der Waals surface area contributed by atoms with Gasteiger partial charge in [0.25, 0.3) is 11.8 Å². The second-order valence-electron chi connectivity index (χ2n) is 5.43. The Labute approximate surface area is 146 Å². The minimum Gasteiger partial charge on any atom is -0.476 e. The molecule has 0 bridgehead atoms. The van der Waals surface area contributed by atoms with E-state index >= 15 is 0 Å². The number of anilines is 1. The molecule has 0 aliphatic rings. The van der Waals surface area contributed by atoms with Crippen LogP contribution >= 0.6 is 0 Å². The molecule has 126 valence electrons. The minimum atomic E-state index is -0.436. The lowest BCUT2D eigenvalue weighted by Crippen LogP contribution is -2.12. The Morgan fingerprint density at radius 1 is 1.20 bits per heavy atom. The Morgan fingerprint density at radius 2 is 2.04 bits per heavy atom. The Hall–Kier alpha value is -3.33. The summed E-state index contributed by atoms with van der Waals surface area (Å²) in [4.78, 5) is 4.33. The van der Waals surface area contributed by atoms with Crippen LogP contribution in [0.5, 0.6) is 5.75 Å². The molecular weight excluding hydrogens is 316 g/mol. The van der Waals surface area contributed by atoms with E-state index in [1.807, 2.05) is 61.5 Å². The summed E-state index contributed by atoms with van der Waals surface area (Å²) in [6, 6.07) is 19.3. The first-order valence-electron chi connectivity index (χ1n) is 8.06. The average molecular weight is 334 g/mol. The molecule has 3 rings (SSSR count). The predicted octanol–water partition coefficient (Wildman–Crippen LogP) is 4.03. The van der Waals surface area contributed by atoms with Gasteiger partial charge in [-0.25, -0.2) is 0 Å². The van der Waals surface area contributed by atoms with Crippen molar-refractivity contribution < 1.29 is 9.26 Å². The number of nitriles is 1. The van der Waals surface area contributed by atoms with Crippen molar-refractivity contribution in [3.05, 3.63) is 60.2 Å². The number of ether oxygens (including phenoxy) is 1. The van der Waals surface area contributed by atoms with Crippen LogP contribution < -0.4 is 10.1 Å². The zero-order valence-electron chi connectivity index (χ0n) is 13.8. The fourth-order valence-corrected chi connectivity index (χ4v) is 2.27. The van der Waals surface area contributed by atoms with E-state index in [1.54, 1.807) is 0 Å². The lowest BCUT2D eigenvalue weighted by atomic mass is 10.2. The monoisotopic (exact) mass is 334 g/mol. The lowest BCUT2D eigenvalue weighted by molar-refractivity contribution is 0.251. The van der Waals surface area contributed by atoms with E-state index in [0.29, 0.717) is 30.6 Å². The van der Waals surface area contributed by atoms with Crippen LogP contribution in [0, 0.1) is 11.3 Å². The topological polar surface area (TPSA) is 84.0 Å². The van der Waals surface area contributed by atoms with Gasteiger partial charge in [0.15, 0.2) is 6.10 Å². The van der Waals surface area contributed by atoms with Crippen LogP contribution in [-0.4, -0.2) is 16.2 Å². The summed E-state index contributed by atoms with van der Waals surface area (Å²) in [5.74, 6) is 1.57. The third-order valence-corrected chi connectivity index (χ3v) is 3.59. The number of hydrogen-bond acceptors (Lipinski definition) is 6. The van der Waals surface area contributed by atoms with Crippen LogP contribution in [0.25, 0.3) is 11.5 Å². The van der Waals surface area contributed by atoms with E-state index < -0.39 is 6.10 Å². The number of nitrogens with zero attached hydrogens (tertiary/aromatic N) is 3. The van der Waals surface area contributed by atoms with Gasteiger partial charge in [-0.05, 0) is 41.4 Å². The van der Waals surface area contributed by atoms with Gasteiger partial charge in [-0.2, -0.15) is 10.2 Å². The SMILES string of the molecule is CCC(C#N)Oc1cccc(CNc2noc(-c3ccccc3)n2)c1. The van der Waals surface area contributed by atoms with Crippen molar-refractivity contribution in [2.45, 2.75) is 26.0 Å². The summed E-state index contributed by atoms with van der Waals surface area (Å²) in [5.41, 5.74) is 1.87. The van der Waals surface area contributed by atoms with Gasteiger partial charge >= 0.3 is 0 Å². The van der Waals surface area contributed by atoms with Crippen LogP contribution in [-0.2, 0) is 6.54 Å². The fraction of sp³-hybridized carbons (Fsp3) is 0.211. The Kier molecular flexibility index (Phi) is 5.27. The van der Waals surface area contributed by atoms with E-state index in [-0.39, 0.29) is 0 Å². The van der Waals surface area contributed by atoms with Crippen molar-refractivity contribution in [3.63, 3.8) is 0 Å². The molecule has 1 aromatic heterocycles. The van der Waals surface area contributed by atoms with Crippen LogP contribution in [0.15, 0.2) is 59.1 Å². The number of hydrogen-bond donors (Lipinski definition) is 1. The third kappa shape index (κ3) is 4.36. The van der Waals surface area contributed by atoms with Crippen LogP contribution in [0.4, 0.5) is 5.95 Å². The van der Waals surface area contributed by atoms with Crippen molar-refractivity contribution in [3.8, 4) is 23.3 Å². The van der Waals surface area contributed by atoms with Crippen molar-refractivity contribution in [1.82, 2.24) is 10.1 Å². The number of aromatic nitrogens is 2. The quantitative estimate of drug-likeness (QED) is 0.702. The molecule has 3 aromatic rings. The molecule has 0 amide bonds. The molecule has 1 atom stereocenters. The van der Waals surface area contributed by atoms with E-state index in [4.69, 9.17) is 14.5 Å². The maximum absolute atomic E-state index is 8.99. The zero-order chi connectivity index (χ0) is 17.5. The fourth-order valence-electron chi connectivity index (χ4n) is 2.27. The highest BCUT2D eigenvalue weighted by molar-refractivity contribution is 5.53. The summed E-state index contributed by atoms with van der Waals surface area (Å²) in [5, 5.41) is 16.0. The lowest BCUT2D eigenvalue weighted by Gasteiger charge is -2.11. The molecule has 0 saturated carbocycles. The Bertz CT molecular complexity index is 855. The first-order chi connectivity index (χ1) is 12.3. The molecule has 0 spiro atoms. The smallest absolute Gasteiger partial charge is 0.264 e. The molecule has 0 fully saturated rings. The van der Waals surface area contributed by atoms with Gasteiger partial charge in [0, 0.05) is 12.1 Å². The van der Waals surface area contributed by atoms with Crippen LogP contribution in [0.2, 0.25) is 0 Å². The van der Waals surface area contributed by atoms with Crippen molar-refractivity contribution in [1.29, 1.82) is 5.26 Å². The van der Waals surface area contributed by atoms with Crippen LogP contribution in [0.1, 0.15) is 18.9 Å².